The predicted molar refractivity (Wildman–Crippen MR) is 117 cm³/mol. The van der Waals surface area contributed by atoms with Crippen LogP contribution in [-0.4, -0.2) is 27.2 Å². The number of halogens is 1. The largest absolute Gasteiger partial charge is 0.443 e. The summed E-state index contributed by atoms with van der Waals surface area (Å²) in [7, 11) is 0. The number of hydrogen-bond acceptors (Lipinski definition) is 9. The number of allylic oxidation sites excluding steroid dienone is 1. The number of aromatic nitrogens is 2. The number of aryl methyl sites for hydroxylation is 1. The molecule has 9 nitrogen and oxygen atoms in total. The Balaban J connectivity index is 1.85. The molecule has 4 N–H and O–H groups in total. The van der Waals surface area contributed by atoms with Gasteiger partial charge in [0.15, 0.2) is 18.0 Å². The van der Waals surface area contributed by atoms with E-state index in [1.165, 1.54) is 24.7 Å². The number of nitriles is 1. The maximum Gasteiger partial charge on any atom is 0.181 e. The van der Waals surface area contributed by atoms with E-state index in [-0.39, 0.29) is 29.5 Å². The van der Waals surface area contributed by atoms with Crippen LogP contribution in [0.4, 0.5) is 4.39 Å². The van der Waals surface area contributed by atoms with Crippen LogP contribution in [0.1, 0.15) is 28.3 Å². The predicted octanol–water partition coefficient (Wildman–Crippen LogP) is 2.79. The molecule has 0 saturated heterocycles. The smallest absolute Gasteiger partial charge is 0.181 e. The van der Waals surface area contributed by atoms with Gasteiger partial charge in [0.05, 0.1) is 40.8 Å². The number of nitrogens with one attached hydrogen (secondary N) is 2. The van der Waals surface area contributed by atoms with Crippen LogP contribution in [0.2, 0.25) is 0 Å². The summed E-state index contributed by atoms with van der Waals surface area (Å²) < 4.78 is 19.5. The molecule has 1 aliphatic heterocycles. The first-order valence-electron chi connectivity index (χ1n) is 9.48. The van der Waals surface area contributed by atoms with E-state index < -0.39 is 5.82 Å². The lowest BCUT2D eigenvalue weighted by molar-refractivity contribution is 0.545. The van der Waals surface area contributed by atoms with Gasteiger partial charge in [0.1, 0.15) is 17.2 Å². The first-order chi connectivity index (χ1) is 15.5. The zero-order valence-electron chi connectivity index (χ0n) is 16.9. The molecule has 0 spiro atoms. The van der Waals surface area contributed by atoms with E-state index in [4.69, 9.17) is 15.6 Å². The molecule has 0 fully saturated rings. The molecular formula is C22H17FN8O. The molecule has 3 aromatic rings. The van der Waals surface area contributed by atoms with E-state index in [9.17, 15) is 9.65 Å². The highest BCUT2D eigenvalue weighted by atomic mass is 19.1. The van der Waals surface area contributed by atoms with Crippen molar-refractivity contribution in [3.63, 3.8) is 0 Å². The van der Waals surface area contributed by atoms with Gasteiger partial charge in [-0.15, -0.1) is 0 Å². The Morgan fingerprint density at radius 2 is 2.12 bits per heavy atom. The van der Waals surface area contributed by atoms with Crippen molar-refractivity contribution in [3.05, 3.63) is 83.1 Å². The molecule has 0 unspecified atom stereocenters. The Labute approximate surface area is 182 Å². The second-order valence-electron chi connectivity index (χ2n) is 6.78. The molecule has 0 bridgehead atoms. The summed E-state index contributed by atoms with van der Waals surface area (Å²) in [6, 6.07) is 11.7. The number of rotatable bonds is 5. The summed E-state index contributed by atoms with van der Waals surface area (Å²) in [5, 5.41) is 22.0. The maximum absolute atomic E-state index is 13.9. The van der Waals surface area contributed by atoms with Crippen LogP contribution in [0.3, 0.4) is 0 Å². The molecule has 2 aromatic heterocycles. The first kappa shape index (κ1) is 20.6. The van der Waals surface area contributed by atoms with Crippen molar-refractivity contribution in [2.24, 2.45) is 15.8 Å². The fourth-order valence-electron chi connectivity index (χ4n) is 3.15. The van der Waals surface area contributed by atoms with Crippen molar-refractivity contribution >= 4 is 28.5 Å². The van der Waals surface area contributed by atoms with Crippen LogP contribution in [0.25, 0.3) is 11.3 Å². The molecule has 158 valence electrons. The minimum atomic E-state index is -0.476. The monoisotopic (exact) mass is 428 g/mol. The Morgan fingerprint density at radius 3 is 2.84 bits per heavy atom. The van der Waals surface area contributed by atoms with Gasteiger partial charge in [0.2, 0.25) is 0 Å². The highest BCUT2D eigenvalue weighted by Crippen LogP contribution is 2.33. The quantitative estimate of drug-likeness (QED) is 0.532. The molecule has 0 amide bonds. The molecule has 4 rings (SSSR count). The summed E-state index contributed by atoms with van der Waals surface area (Å²) in [5.41, 5.74) is 11.3. The topological polar surface area (TPSA) is 149 Å². The average Bonchev–Trinajstić information content (AvgIpc) is 3.23. The third-order valence-electron chi connectivity index (χ3n) is 4.71. The molecule has 0 saturated carbocycles. The minimum Gasteiger partial charge on any atom is -0.443 e. The molecule has 0 radical (unpaired) electrons. The zero-order valence-corrected chi connectivity index (χ0v) is 16.9. The summed E-state index contributed by atoms with van der Waals surface area (Å²) in [5.74, 6) is -0.184. The van der Waals surface area contributed by atoms with Crippen molar-refractivity contribution in [3.8, 4) is 6.07 Å². The number of amidine groups is 1. The van der Waals surface area contributed by atoms with Gasteiger partial charge in [0.25, 0.3) is 0 Å². The molecule has 32 heavy (non-hydrogen) atoms. The molecule has 3 heterocycles. The van der Waals surface area contributed by atoms with Gasteiger partial charge in [-0.05, 0) is 31.2 Å². The van der Waals surface area contributed by atoms with E-state index >= 15 is 0 Å². The van der Waals surface area contributed by atoms with Gasteiger partial charge in [-0.1, -0.05) is 12.1 Å². The van der Waals surface area contributed by atoms with Crippen LogP contribution in [0, 0.1) is 29.5 Å². The van der Waals surface area contributed by atoms with Crippen LogP contribution in [0.5, 0.6) is 0 Å². The number of nitrogens with two attached hydrogens (primary N) is 1. The van der Waals surface area contributed by atoms with Crippen LogP contribution in [0.15, 0.2) is 63.5 Å². The Hall–Kier alpha value is -4.65. The number of oxazole rings is 1. The van der Waals surface area contributed by atoms with E-state index in [0.717, 1.165) is 0 Å². The van der Waals surface area contributed by atoms with Crippen molar-refractivity contribution in [1.82, 2.24) is 15.4 Å². The zero-order chi connectivity index (χ0) is 22.7. The molecule has 1 aromatic carbocycles. The Bertz CT molecular complexity index is 1350. The fourth-order valence-corrected chi connectivity index (χ4v) is 3.15. The third kappa shape index (κ3) is 3.87. The number of nitrogens with zero attached hydrogens (tertiary/aromatic N) is 5. The number of benzene rings is 1. The molecular weight excluding hydrogens is 411 g/mol. The van der Waals surface area contributed by atoms with Crippen LogP contribution >= 0.6 is 0 Å². The van der Waals surface area contributed by atoms with Crippen molar-refractivity contribution in [1.29, 1.82) is 10.7 Å². The highest BCUT2D eigenvalue weighted by molar-refractivity contribution is 6.77. The summed E-state index contributed by atoms with van der Waals surface area (Å²) >= 11 is 0. The normalized spacial score (nSPS) is 15.0. The van der Waals surface area contributed by atoms with Gasteiger partial charge >= 0.3 is 0 Å². The van der Waals surface area contributed by atoms with E-state index in [0.29, 0.717) is 33.9 Å². The minimum absolute atomic E-state index is 0.0115. The van der Waals surface area contributed by atoms with Crippen LogP contribution < -0.4 is 11.2 Å². The first-order valence-corrected chi connectivity index (χ1v) is 9.48. The van der Waals surface area contributed by atoms with E-state index in [1.807, 2.05) is 0 Å². The summed E-state index contributed by atoms with van der Waals surface area (Å²) in [6.45, 7) is 1.73. The van der Waals surface area contributed by atoms with Gasteiger partial charge in [-0.2, -0.15) is 10.4 Å². The number of aliphatic imine (C=N–C) groups is 1. The van der Waals surface area contributed by atoms with Gasteiger partial charge in [-0.25, -0.2) is 14.4 Å². The highest BCUT2D eigenvalue weighted by Gasteiger charge is 2.31. The molecule has 0 aliphatic carbocycles. The second kappa shape index (κ2) is 8.61. The van der Waals surface area contributed by atoms with Gasteiger partial charge in [0, 0.05) is 11.8 Å². The second-order valence-corrected chi connectivity index (χ2v) is 6.78. The number of pyridine rings is 1. The van der Waals surface area contributed by atoms with Crippen molar-refractivity contribution < 1.29 is 8.81 Å². The van der Waals surface area contributed by atoms with E-state index in [1.54, 1.807) is 31.2 Å². The van der Waals surface area contributed by atoms with Crippen molar-refractivity contribution in [2.75, 3.05) is 0 Å². The van der Waals surface area contributed by atoms with E-state index in [2.05, 4.69) is 31.6 Å². The SMILES string of the molecule is Cc1ncoc1C1=C(c2cccc(C#N)c2)N=C(N)C(=N)/C1=N\NCc1ncccc1F. The molecule has 1 aliphatic rings. The number of hydrogen-bond donors (Lipinski definition) is 3. The lowest BCUT2D eigenvalue weighted by Crippen LogP contribution is -2.35. The summed E-state index contributed by atoms with van der Waals surface area (Å²) in [6.07, 6.45) is 2.75. The van der Waals surface area contributed by atoms with Gasteiger partial charge < -0.3 is 15.6 Å². The Kier molecular flexibility index (Phi) is 5.55. The molecule has 0 atom stereocenters. The van der Waals surface area contributed by atoms with Crippen LogP contribution in [-0.2, 0) is 6.54 Å². The standard InChI is InChI=1S/C22H17FN8O/c1-12-21(32-11-28-12)17-19(14-5-2-4-13(8-14)9-24)30-22(26)18(25)20(17)31-29-10-16-15(23)6-3-7-27-16/h2-8,11,25,29H,10H2,1H3,(H2,26,30)/b25-18?,31-20-. The average molecular weight is 428 g/mol. The number of hydrazone groups is 1. The lowest BCUT2D eigenvalue weighted by atomic mass is 9.93. The summed E-state index contributed by atoms with van der Waals surface area (Å²) in [4.78, 5) is 12.5. The van der Waals surface area contributed by atoms with Gasteiger partial charge in [-0.3, -0.25) is 10.4 Å². The fraction of sp³-hybridized carbons (Fsp3) is 0.0909. The Morgan fingerprint density at radius 1 is 1.28 bits per heavy atom. The molecule has 10 heteroatoms. The lowest BCUT2D eigenvalue weighted by Gasteiger charge is -2.20. The third-order valence-corrected chi connectivity index (χ3v) is 4.71. The maximum atomic E-state index is 13.9. The van der Waals surface area contributed by atoms with Crippen molar-refractivity contribution in [2.45, 2.75) is 13.5 Å².